The highest BCUT2D eigenvalue weighted by Gasteiger charge is 2.14. The molecular weight excluding hydrogens is 482 g/mol. The molecule has 0 saturated carbocycles. The zero-order valence-electron chi connectivity index (χ0n) is 11.4. The fourth-order valence-electron chi connectivity index (χ4n) is 1.77. The minimum absolute atomic E-state index is 0.596. The van der Waals surface area contributed by atoms with Crippen LogP contribution in [0.25, 0.3) is 11.0 Å². The van der Waals surface area contributed by atoms with Gasteiger partial charge in [0.15, 0.2) is 3.83 Å². The molecule has 0 unspecified atom stereocenters. The number of para-hydroxylation sites is 1. The number of ether oxygens (including phenoxy) is 1. The molecule has 104 valence electrons. The van der Waals surface area contributed by atoms with Crippen molar-refractivity contribution in [3.63, 3.8) is 0 Å². The van der Waals surface area contributed by atoms with E-state index in [0.717, 1.165) is 16.0 Å². The molecule has 0 radical (unpaired) electrons. The van der Waals surface area contributed by atoms with E-state index in [-0.39, 0.29) is 0 Å². The van der Waals surface area contributed by atoms with Gasteiger partial charge in [-0.3, -0.25) is 4.57 Å². The molecular formula is C13H18I2N2OSi. The van der Waals surface area contributed by atoms with Gasteiger partial charge in [-0.05, 0) is 40.8 Å². The molecule has 0 saturated heterocycles. The third kappa shape index (κ3) is 4.15. The Balaban J connectivity index is 2.10. The second-order valence-corrected chi connectivity index (χ2v) is 13.5. The Morgan fingerprint density at radius 1 is 1.26 bits per heavy atom. The van der Waals surface area contributed by atoms with Gasteiger partial charge in [-0.2, -0.15) is 0 Å². The van der Waals surface area contributed by atoms with Crippen LogP contribution in [0.2, 0.25) is 25.7 Å². The number of fused-ring (bicyclic) bond motifs is 1. The van der Waals surface area contributed by atoms with Gasteiger partial charge in [0.05, 0.1) is 11.0 Å². The van der Waals surface area contributed by atoms with Crippen LogP contribution < -0.4 is 0 Å². The number of hydrogen-bond acceptors (Lipinski definition) is 2. The molecule has 0 bridgehead atoms. The summed E-state index contributed by atoms with van der Waals surface area (Å²) in [6, 6.07) is 7.41. The molecule has 0 spiro atoms. The van der Waals surface area contributed by atoms with Gasteiger partial charge in [0.1, 0.15) is 6.73 Å². The van der Waals surface area contributed by atoms with Crippen molar-refractivity contribution in [3.05, 3.63) is 25.6 Å². The number of benzene rings is 1. The summed E-state index contributed by atoms with van der Waals surface area (Å²) in [4.78, 5) is 4.57. The molecule has 19 heavy (non-hydrogen) atoms. The SMILES string of the molecule is C[Si](C)(C)CCOCn1c(I)nc2cccc(I)c21. The van der Waals surface area contributed by atoms with Crippen molar-refractivity contribution in [1.82, 2.24) is 9.55 Å². The lowest BCUT2D eigenvalue weighted by atomic mass is 10.3. The standard InChI is InChI=1S/C13H18I2N2OSi/c1-19(2,3)8-7-18-9-17-12-10(14)5-4-6-11(12)16-13(17)15/h4-6H,7-9H2,1-3H3. The normalized spacial score (nSPS) is 12.3. The smallest absolute Gasteiger partial charge is 0.174 e. The average Bonchev–Trinajstić information content (AvgIpc) is 2.61. The highest BCUT2D eigenvalue weighted by Crippen LogP contribution is 2.23. The summed E-state index contributed by atoms with van der Waals surface area (Å²) in [6.07, 6.45) is 0. The van der Waals surface area contributed by atoms with Gasteiger partial charge in [-0.25, -0.2) is 4.98 Å². The zero-order chi connectivity index (χ0) is 14.0. The van der Waals surface area contributed by atoms with Crippen molar-refractivity contribution in [2.75, 3.05) is 6.61 Å². The molecule has 0 atom stereocenters. The van der Waals surface area contributed by atoms with Gasteiger partial charge in [0, 0.05) is 40.8 Å². The predicted molar refractivity (Wildman–Crippen MR) is 99.3 cm³/mol. The van der Waals surface area contributed by atoms with Gasteiger partial charge in [-0.15, -0.1) is 0 Å². The number of rotatable bonds is 5. The van der Waals surface area contributed by atoms with Gasteiger partial charge in [-0.1, -0.05) is 25.7 Å². The molecule has 2 rings (SSSR count). The van der Waals surface area contributed by atoms with E-state index >= 15 is 0 Å². The Morgan fingerprint density at radius 2 is 2.00 bits per heavy atom. The third-order valence-electron chi connectivity index (χ3n) is 2.89. The Hall–Kier alpha value is 0.327. The van der Waals surface area contributed by atoms with E-state index in [1.807, 2.05) is 6.07 Å². The van der Waals surface area contributed by atoms with E-state index in [1.54, 1.807) is 0 Å². The van der Waals surface area contributed by atoms with Crippen molar-refractivity contribution in [2.24, 2.45) is 0 Å². The van der Waals surface area contributed by atoms with E-state index in [0.29, 0.717) is 6.73 Å². The van der Waals surface area contributed by atoms with Crippen LogP contribution in [0.3, 0.4) is 0 Å². The summed E-state index contributed by atoms with van der Waals surface area (Å²) in [5.74, 6) is 0. The first-order chi connectivity index (χ1) is 8.88. The third-order valence-corrected chi connectivity index (χ3v) is 6.29. The van der Waals surface area contributed by atoms with E-state index < -0.39 is 8.07 Å². The second kappa shape index (κ2) is 6.40. The van der Waals surface area contributed by atoms with Gasteiger partial charge in [0.25, 0.3) is 0 Å². The molecule has 0 amide bonds. The van der Waals surface area contributed by atoms with Crippen molar-refractivity contribution in [1.29, 1.82) is 0 Å². The Labute approximate surface area is 142 Å². The molecule has 1 aromatic heterocycles. The van der Waals surface area contributed by atoms with Crippen LogP contribution in [0.15, 0.2) is 18.2 Å². The Morgan fingerprint density at radius 3 is 2.68 bits per heavy atom. The average molecular weight is 500 g/mol. The highest BCUT2D eigenvalue weighted by atomic mass is 127. The fourth-order valence-corrected chi connectivity index (χ4v) is 3.94. The largest absolute Gasteiger partial charge is 0.361 e. The van der Waals surface area contributed by atoms with Crippen LogP contribution in [0, 0.1) is 7.40 Å². The summed E-state index contributed by atoms with van der Waals surface area (Å²) in [5, 5.41) is 0. The molecule has 6 heteroatoms. The predicted octanol–water partition coefficient (Wildman–Crippen LogP) is 4.56. The second-order valence-electron chi connectivity index (χ2n) is 5.76. The van der Waals surface area contributed by atoms with Gasteiger partial charge < -0.3 is 4.74 Å². The fraction of sp³-hybridized carbons (Fsp3) is 0.462. The molecule has 0 N–H and O–H groups in total. The molecule has 0 aliphatic carbocycles. The van der Waals surface area contributed by atoms with Crippen LogP contribution in [-0.4, -0.2) is 24.2 Å². The first-order valence-corrected chi connectivity index (χ1v) is 12.1. The summed E-state index contributed by atoms with van der Waals surface area (Å²) < 4.78 is 10.2. The highest BCUT2D eigenvalue weighted by molar-refractivity contribution is 14.1. The van der Waals surface area contributed by atoms with E-state index in [4.69, 9.17) is 4.74 Å². The Bertz CT molecular complexity index is 578. The molecule has 0 aliphatic rings. The number of hydrogen-bond donors (Lipinski definition) is 0. The lowest BCUT2D eigenvalue weighted by molar-refractivity contribution is 0.0881. The van der Waals surface area contributed by atoms with Crippen LogP contribution >= 0.6 is 45.2 Å². The summed E-state index contributed by atoms with van der Waals surface area (Å²) >= 11 is 4.63. The van der Waals surface area contributed by atoms with E-state index in [2.05, 4.69) is 86.5 Å². The lowest BCUT2D eigenvalue weighted by Crippen LogP contribution is -2.22. The summed E-state index contributed by atoms with van der Waals surface area (Å²) in [7, 11) is -1.01. The first-order valence-electron chi connectivity index (χ1n) is 6.26. The Kier molecular flexibility index (Phi) is 5.29. The molecule has 2 aromatic rings. The maximum atomic E-state index is 5.85. The lowest BCUT2D eigenvalue weighted by Gasteiger charge is -2.16. The minimum Gasteiger partial charge on any atom is -0.361 e. The van der Waals surface area contributed by atoms with Crippen molar-refractivity contribution in [2.45, 2.75) is 32.4 Å². The van der Waals surface area contributed by atoms with Crippen LogP contribution in [0.4, 0.5) is 0 Å². The van der Waals surface area contributed by atoms with Crippen molar-refractivity contribution in [3.8, 4) is 0 Å². The molecule has 3 nitrogen and oxygen atoms in total. The van der Waals surface area contributed by atoms with Crippen LogP contribution in [0.1, 0.15) is 0 Å². The summed E-state index contributed by atoms with van der Waals surface area (Å²) in [5.41, 5.74) is 2.23. The zero-order valence-corrected chi connectivity index (χ0v) is 16.7. The quantitative estimate of drug-likeness (QED) is 0.342. The topological polar surface area (TPSA) is 27.1 Å². The van der Waals surface area contributed by atoms with E-state index in [1.165, 1.54) is 15.1 Å². The van der Waals surface area contributed by atoms with Crippen molar-refractivity contribution >= 4 is 64.3 Å². The first kappa shape index (κ1) is 15.7. The molecule has 1 aromatic carbocycles. The van der Waals surface area contributed by atoms with Gasteiger partial charge in [0.2, 0.25) is 0 Å². The minimum atomic E-state index is -1.01. The van der Waals surface area contributed by atoms with Crippen molar-refractivity contribution < 1.29 is 4.74 Å². The number of imidazole rings is 1. The van der Waals surface area contributed by atoms with Crippen LogP contribution in [0.5, 0.6) is 0 Å². The van der Waals surface area contributed by atoms with Crippen LogP contribution in [-0.2, 0) is 11.5 Å². The number of nitrogens with zero attached hydrogens (tertiary/aromatic N) is 2. The maximum Gasteiger partial charge on any atom is 0.174 e. The number of halogens is 2. The van der Waals surface area contributed by atoms with E-state index in [9.17, 15) is 0 Å². The molecule has 0 fully saturated rings. The molecule has 1 heterocycles. The molecule has 0 aliphatic heterocycles. The summed E-state index contributed by atoms with van der Waals surface area (Å²) in [6.45, 7) is 8.55. The number of aromatic nitrogens is 2. The van der Waals surface area contributed by atoms with Gasteiger partial charge >= 0.3 is 0 Å². The monoisotopic (exact) mass is 500 g/mol. The maximum absolute atomic E-state index is 5.85.